The van der Waals surface area contributed by atoms with Crippen LogP contribution in [0.4, 0.5) is 0 Å². The number of hydrogen-bond acceptors (Lipinski definition) is 2. The molecule has 0 aromatic carbocycles. The van der Waals surface area contributed by atoms with E-state index in [0.29, 0.717) is 6.42 Å². The van der Waals surface area contributed by atoms with Crippen molar-refractivity contribution in [1.29, 1.82) is 0 Å². The zero-order valence-corrected chi connectivity index (χ0v) is 10.1. The van der Waals surface area contributed by atoms with Gasteiger partial charge in [-0.1, -0.05) is 19.3 Å². The van der Waals surface area contributed by atoms with Crippen LogP contribution in [0.15, 0.2) is 12.4 Å². The Hall–Kier alpha value is -1.32. The van der Waals surface area contributed by atoms with E-state index in [2.05, 4.69) is 5.10 Å². The normalized spacial score (nSPS) is 17.2. The van der Waals surface area contributed by atoms with E-state index in [0.717, 1.165) is 18.0 Å². The molecule has 4 nitrogen and oxygen atoms in total. The van der Waals surface area contributed by atoms with Gasteiger partial charge in [0, 0.05) is 19.2 Å². The summed E-state index contributed by atoms with van der Waals surface area (Å²) in [6.07, 6.45) is 11.3. The summed E-state index contributed by atoms with van der Waals surface area (Å²) in [7, 11) is 0. The molecule has 1 heterocycles. The van der Waals surface area contributed by atoms with Crippen LogP contribution in [0.3, 0.4) is 0 Å². The first-order valence-corrected chi connectivity index (χ1v) is 6.47. The summed E-state index contributed by atoms with van der Waals surface area (Å²) in [5, 5.41) is 12.9. The van der Waals surface area contributed by atoms with Crippen LogP contribution in [0, 0.1) is 5.92 Å². The molecule has 1 aliphatic rings. The molecule has 1 aromatic heterocycles. The Morgan fingerprint density at radius 2 is 2.18 bits per heavy atom. The molecule has 0 bridgehead atoms. The van der Waals surface area contributed by atoms with Crippen LogP contribution < -0.4 is 0 Å². The third-order valence-corrected chi connectivity index (χ3v) is 3.48. The predicted molar refractivity (Wildman–Crippen MR) is 64.8 cm³/mol. The fourth-order valence-corrected chi connectivity index (χ4v) is 2.52. The monoisotopic (exact) mass is 236 g/mol. The van der Waals surface area contributed by atoms with Crippen LogP contribution >= 0.6 is 0 Å². The fourth-order valence-electron chi connectivity index (χ4n) is 2.52. The maximum atomic E-state index is 10.5. The minimum atomic E-state index is -0.745. The second-order valence-electron chi connectivity index (χ2n) is 4.97. The maximum Gasteiger partial charge on any atom is 0.303 e. The average molecular weight is 236 g/mol. The van der Waals surface area contributed by atoms with Crippen molar-refractivity contribution in [3.63, 3.8) is 0 Å². The van der Waals surface area contributed by atoms with Crippen LogP contribution in [-0.2, 0) is 17.8 Å². The Balaban J connectivity index is 1.82. The van der Waals surface area contributed by atoms with E-state index in [9.17, 15) is 4.79 Å². The molecule has 0 unspecified atom stereocenters. The lowest BCUT2D eigenvalue weighted by Gasteiger charge is -2.21. The van der Waals surface area contributed by atoms with Crippen LogP contribution in [0.25, 0.3) is 0 Å². The molecule has 0 atom stereocenters. The van der Waals surface area contributed by atoms with Gasteiger partial charge in [-0.05, 0) is 30.7 Å². The molecular formula is C13H20N2O2. The van der Waals surface area contributed by atoms with E-state index in [1.165, 1.54) is 32.1 Å². The van der Waals surface area contributed by atoms with Crippen LogP contribution in [0.2, 0.25) is 0 Å². The first kappa shape index (κ1) is 12.1. The number of aryl methyl sites for hydroxylation is 1. The molecule has 1 saturated carbocycles. The lowest BCUT2D eigenvalue weighted by molar-refractivity contribution is -0.136. The van der Waals surface area contributed by atoms with Crippen molar-refractivity contribution in [3.8, 4) is 0 Å². The van der Waals surface area contributed by atoms with E-state index < -0.39 is 5.97 Å². The third-order valence-electron chi connectivity index (χ3n) is 3.48. The van der Waals surface area contributed by atoms with Crippen molar-refractivity contribution in [2.75, 3.05) is 0 Å². The molecule has 0 saturated heterocycles. The number of aliphatic carboxylic acids is 1. The van der Waals surface area contributed by atoms with Gasteiger partial charge in [-0.3, -0.25) is 9.48 Å². The molecule has 4 heteroatoms. The highest BCUT2D eigenvalue weighted by molar-refractivity contribution is 5.67. The zero-order chi connectivity index (χ0) is 12.1. The minimum absolute atomic E-state index is 0.190. The fraction of sp³-hybridized carbons (Fsp3) is 0.692. The molecule has 0 amide bonds. The van der Waals surface area contributed by atoms with Gasteiger partial charge in [-0.15, -0.1) is 0 Å². The van der Waals surface area contributed by atoms with Gasteiger partial charge in [0.15, 0.2) is 0 Å². The standard InChI is InChI=1S/C13H20N2O2/c16-13(17)7-6-12-8-14-15(10-12)9-11-4-2-1-3-5-11/h8,10-11H,1-7,9H2,(H,16,17). The predicted octanol–water partition coefficient (Wildman–Crippen LogP) is 2.48. The summed E-state index contributed by atoms with van der Waals surface area (Å²) in [6, 6.07) is 0. The smallest absolute Gasteiger partial charge is 0.303 e. The summed E-state index contributed by atoms with van der Waals surface area (Å²) in [5.74, 6) is 0.0148. The molecule has 1 fully saturated rings. The van der Waals surface area contributed by atoms with Crippen molar-refractivity contribution in [2.45, 2.75) is 51.5 Å². The molecule has 94 valence electrons. The summed E-state index contributed by atoms with van der Waals surface area (Å²) in [6.45, 7) is 0.993. The van der Waals surface area contributed by atoms with Gasteiger partial charge in [0.05, 0.1) is 6.20 Å². The molecule has 0 spiro atoms. The van der Waals surface area contributed by atoms with Gasteiger partial charge < -0.3 is 5.11 Å². The molecule has 1 aliphatic carbocycles. The van der Waals surface area contributed by atoms with E-state index in [1.807, 2.05) is 10.9 Å². The topological polar surface area (TPSA) is 55.1 Å². The van der Waals surface area contributed by atoms with Gasteiger partial charge in [0.1, 0.15) is 0 Å². The highest BCUT2D eigenvalue weighted by Gasteiger charge is 2.14. The van der Waals surface area contributed by atoms with Crippen LogP contribution in [0.1, 0.15) is 44.1 Å². The first-order chi connectivity index (χ1) is 8.24. The SMILES string of the molecule is O=C(O)CCc1cnn(CC2CCCCC2)c1. The number of carboxylic acid groups (broad SMARTS) is 1. The van der Waals surface area contributed by atoms with Crippen LogP contribution in [0.5, 0.6) is 0 Å². The van der Waals surface area contributed by atoms with Crippen molar-refractivity contribution >= 4 is 5.97 Å². The van der Waals surface area contributed by atoms with Gasteiger partial charge in [-0.2, -0.15) is 5.10 Å². The van der Waals surface area contributed by atoms with Gasteiger partial charge in [0.2, 0.25) is 0 Å². The molecule has 0 radical (unpaired) electrons. The van der Waals surface area contributed by atoms with Gasteiger partial charge in [-0.25, -0.2) is 0 Å². The third kappa shape index (κ3) is 3.88. The molecule has 17 heavy (non-hydrogen) atoms. The Kier molecular flexibility index (Phi) is 4.18. The highest BCUT2D eigenvalue weighted by Crippen LogP contribution is 2.24. The summed E-state index contributed by atoms with van der Waals surface area (Å²) in [5.41, 5.74) is 1.03. The minimum Gasteiger partial charge on any atom is -0.481 e. The van der Waals surface area contributed by atoms with E-state index in [-0.39, 0.29) is 6.42 Å². The molecule has 1 N–H and O–H groups in total. The second kappa shape index (κ2) is 5.84. The zero-order valence-electron chi connectivity index (χ0n) is 10.1. The number of carbonyl (C=O) groups is 1. The van der Waals surface area contributed by atoms with E-state index in [1.54, 1.807) is 6.20 Å². The Bertz CT molecular complexity index is 367. The van der Waals surface area contributed by atoms with Crippen molar-refractivity contribution < 1.29 is 9.90 Å². The molecule has 0 aliphatic heterocycles. The Morgan fingerprint density at radius 1 is 1.41 bits per heavy atom. The van der Waals surface area contributed by atoms with E-state index >= 15 is 0 Å². The lowest BCUT2D eigenvalue weighted by atomic mass is 9.89. The number of carboxylic acids is 1. The van der Waals surface area contributed by atoms with Crippen molar-refractivity contribution in [3.05, 3.63) is 18.0 Å². The maximum absolute atomic E-state index is 10.5. The van der Waals surface area contributed by atoms with Gasteiger partial charge >= 0.3 is 5.97 Å². The van der Waals surface area contributed by atoms with Crippen LogP contribution in [-0.4, -0.2) is 20.9 Å². The second-order valence-corrected chi connectivity index (χ2v) is 4.97. The Labute approximate surface area is 102 Å². The Morgan fingerprint density at radius 3 is 2.88 bits per heavy atom. The average Bonchev–Trinajstić information content (AvgIpc) is 2.75. The molecular weight excluding hydrogens is 216 g/mol. The molecule has 2 rings (SSSR count). The summed E-state index contributed by atoms with van der Waals surface area (Å²) >= 11 is 0. The largest absolute Gasteiger partial charge is 0.481 e. The van der Waals surface area contributed by atoms with Gasteiger partial charge in [0.25, 0.3) is 0 Å². The number of nitrogens with zero attached hydrogens (tertiary/aromatic N) is 2. The quantitative estimate of drug-likeness (QED) is 0.854. The number of aromatic nitrogens is 2. The summed E-state index contributed by atoms with van der Waals surface area (Å²) < 4.78 is 1.98. The van der Waals surface area contributed by atoms with Crippen molar-refractivity contribution in [2.24, 2.45) is 5.92 Å². The van der Waals surface area contributed by atoms with Crippen molar-refractivity contribution in [1.82, 2.24) is 9.78 Å². The lowest BCUT2D eigenvalue weighted by Crippen LogP contribution is -2.14. The van der Waals surface area contributed by atoms with E-state index in [4.69, 9.17) is 5.11 Å². The summed E-state index contributed by atoms with van der Waals surface area (Å²) in [4.78, 5) is 10.5. The number of hydrogen-bond donors (Lipinski definition) is 1. The first-order valence-electron chi connectivity index (χ1n) is 6.47. The molecule has 1 aromatic rings. The number of rotatable bonds is 5. The highest BCUT2D eigenvalue weighted by atomic mass is 16.4.